The van der Waals surface area contributed by atoms with Crippen molar-refractivity contribution >= 4 is 17.6 Å². The first-order valence-electron chi connectivity index (χ1n) is 21.8. The number of rotatable bonds is 18. The first-order valence-corrected chi connectivity index (χ1v) is 21.8. The number of carbonyl (C=O) groups is 2. The minimum Gasteiger partial charge on any atom is -0.508 e. The normalized spacial score (nSPS) is 16.1. The van der Waals surface area contributed by atoms with Crippen LogP contribution in [0.25, 0.3) is 6.08 Å². The maximum Gasteiger partial charge on any atom is 0.165 e. The summed E-state index contributed by atoms with van der Waals surface area (Å²) in [6.07, 6.45) is 16.5. The van der Waals surface area contributed by atoms with Gasteiger partial charge in [0, 0.05) is 60.4 Å². The number of fused-ring (bicyclic) bond motifs is 3. The molecule has 0 spiro atoms. The molecule has 0 amide bonds. The van der Waals surface area contributed by atoms with Crippen LogP contribution in [0, 0.1) is 17.8 Å². The Morgan fingerprint density at radius 3 is 2.53 bits per heavy atom. The van der Waals surface area contributed by atoms with Gasteiger partial charge in [-0.2, -0.15) is 0 Å². The lowest BCUT2D eigenvalue weighted by atomic mass is 9.80. The van der Waals surface area contributed by atoms with Crippen LogP contribution in [-0.2, 0) is 36.9 Å². The molecule has 2 heterocycles. The second-order valence-corrected chi connectivity index (χ2v) is 16.6. The molecule has 2 aliphatic rings. The fourth-order valence-corrected chi connectivity index (χ4v) is 8.52. The molecule has 5 aromatic rings. The van der Waals surface area contributed by atoms with Crippen molar-refractivity contribution in [2.75, 3.05) is 13.2 Å². The highest BCUT2D eigenvalue weighted by atomic mass is 16.5. The van der Waals surface area contributed by atoms with Gasteiger partial charge in [0.25, 0.3) is 0 Å². The highest BCUT2D eigenvalue weighted by Gasteiger charge is 2.28. The monoisotopic (exact) mass is 831 g/mol. The standard InChI is InChI=1S/C53H57N3O6/c1-35(14-18-38-9-5-6-10-39(38)24-28-57)8-3-2-4-12-42(58)19-15-36-17-21-50(60)52(31-36)62-29-25-37-16-20-49(59)47(30-37)46-34-51(61)43-23-27-55-48(43)13-7-11-40-33-45-41(32-44(40)46)22-26-56-53(45)54/h4-6,9-10,12,16-17,20-23,26-27,30-33,35,46,53,55-57,59-60H,2-3,8,13-15,18-19,24-25,28-29,34,54H2,1H3/b12-4+/t35-,46-,53+/m1/s1. The van der Waals surface area contributed by atoms with Crippen LogP contribution in [0.3, 0.4) is 0 Å². The van der Waals surface area contributed by atoms with E-state index in [1.54, 1.807) is 36.5 Å². The molecule has 0 fully saturated rings. The Kier molecular flexibility index (Phi) is 14.8. The second kappa shape index (κ2) is 21.0. The van der Waals surface area contributed by atoms with Crippen LogP contribution in [0.4, 0.5) is 0 Å². The number of H-pyrrole nitrogens is 1. The third-order valence-electron chi connectivity index (χ3n) is 12.1. The third kappa shape index (κ3) is 11.1. The average molecular weight is 832 g/mol. The minimum absolute atomic E-state index is 0.0177. The van der Waals surface area contributed by atoms with Crippen molar-refractivity contribution in [2.24, 2.45) is 11.7 Å². The van der Waals surface area contributed by atoms with E-state index in [4.69, 9.17) is 10.5 Å². The average Bonchev–Trinajstić information content (AvgIpc) is 3.75. The summed E-state index contributed by atoms with van der Waals surface area (Å²) < 4.78 is 6.09. The largest absolute Gasteiger partial charge is 0.508 e. The molecule has 4 aromatic carbocycles. The number of Topliss-reactive ketones (excluding diaryl/α,β-unsaturated/α-hetero) is 1. The Bertz CT molecular complexity index is 2500. The molecular formula is C53H57N3O6. The number of phenols is 2. The van der Waals surface area contributed by atoms with Gasteiger partial charge in [-0.1, -0.05) is 73.7 Å². The summed E-state index contributed by atoms with van der Waals surface area (Å²) in [4.78, 5) is 29.8. The predicted octanol–water partition coefficient (Wildman–Crippen LogP) is 8.92. The second-order valence-electron chi connectivity index (χ2n) is 16.6. The highest BCUT2D eigenvalue weighted by Crippen LogP contribution is 2.40. The summed E-state index contributed by atoms with van der Waals surface area (Å²) >= 11 is 0. The van der Waals surface area contributed by atoms with Gasteiger partial charge < -0.3 is 36.1 Å². The number of ketones is 2. The Balaban J connectivity index is 0.942. The van der Waals surface area contributed by atoms with Crippen molar-refractivity contribution < 1.29 is 29.6 Å². The number of nitrogens with one attached hydrogen (secondary N) is 2. The van der Waals surface area contributed by atoms with Crippen molar-refractivity contribution in [1.82, 2.24) is 10.3 Å². The lowest BCUT2D eigenvalue weighted by Crippen LogP contribution is -2.27. The molecule has 320 valence electrons. The van der Waals surface area contributed by atoms with Gasteiger partial charge >= 0.3 is 0 Å². The Labute approximate surface area is 364 Å². The fraction of sp³-hybridized carbons (Fsp3) is 0.321. The smallest absolute Gasteiger partial charge is 0.165 e. The van der Waals surface area contributed by atoms with Crippen molar-refractivity contribution in [3.8, 4) is 29.1 Å². The molecule has 0 saturated heterocycles. The van der Waals surface area contributed by atoms with Crippen LogP contribution in [0.5, 0.6) is 17.2 Å². The number of aromatic amines is 1. The number of nitrogens with two attached hydrogens (primary N) is 1. The molecule has 7 rings (SSSR count). The maximum atomic E-state index is 13.9. The molecule has 0 radical (unpaired) electrons. The van der Waals surface area contributed by atoms with Gasteiger partial charge in [-0.3, -0.25) is 9.59 Å². The number of unbranched alkanes of at least 4 members (excludes halogenated alkanes) is 1. The predicted molar refractivity (Wildman–Crippen MR) is 244 cm³/mol. The van der Waals surface area contributed by atoms with Gasteiger partial charge in [-0.05, 0) is 138 Å². The van der Waals surface area contributed by atoms with E-state index in [9.17, 15) is 24.9 Å². The number of phenolic OH excluding ortho intramolecular Hbond substituents is 2. The summed E-state index contributed by atoms with van der Waals surface area (Å²) in [5.74, 6) is 7.14. The van der Waals surface area contributed by atoms with Gasteiger partial charge in [0.2, 0.25) is 0 Å². The molecule has 62 heavy (non-hydrogen) atoms. The molecule has 0 saturated carbocycles. The first kappa shape index (κ1) is 43.7. The first-order chi connectivity index (χ1) is 30.2. The van der Waals surface area contributed by atoms with E-state index in [1.807, 2.05) is 54.8 Å². The number of carbonyl (C=O) groups excluding carboxylic acids is 2. The molecule has 1 aromatic heterocycles. The molecule has 7 N–H and O–H groups in total. The van der Waals surface area contributed by atoms with E-state index in [2.05, 4.69) is 47.3 Å². The number of hydrogen-bond acceptors (Lipinski definition) is 8. The van der Waals surface area contributed by atoms with Gasteiger partial charge in [-0.15, -0.1) is 0 Å². The molecule has 1 aliphatic carbocycles. The summed E-state index contributed by atoms with van der Waals surface area (Å²) in [7, 11) is 0. The number of aliphatic hydroxyl groups is 1. The Morgan fingerprint density at radius 1 is 0.919 bits per heavy atom. The van der Waals surface area contributed by atoms with Crippen molar-refractivity contribution in [1.29, 1.82) is 0 Å². The van der Waals surface area contributed by atoms with Crippen LogP contribution in [0.2, 0.25) is 0 Å². The van der Waals surface area contributed by atoms with Crippen molar-refractivity contribution in [3.05, 3.63) is 165 Å². The third-order valence-corrected chi connectivity index (χ3v) is 12.1. The molecule has 0 unspecified atom stereocenters. The number of aliphatic hydroxyl groups excluding tert-OH is 1. The minimum atomic E-state index is -0.497. The number of allylic oxidation sites excluding steroid dienone is 2. The summed E-state index contributed by atoms with van der Waals surface area (Å²) in [5.41, 5.74) is 16.2. The van der Waals surface area contributed by atoms with Gasteiger partial charge in [0.1, 0.15) is 11.9 Å². The van der Waals surface area contributed by atoms with Crippen LogP contribution in [-0.4, -0.2) is 45.1 Å². The zero-order valence-electron chi connectivity index (χ0n) is 35.5. The lowest BCUT2D eigenvalue weighted by molar-refractivity contribution is -0.114. The topological polar surface area (TPSA) is 158 Å². The van der Waals surface area contributed by atoms with Crippen molar-refractivity contribution in [2.45, 2.75) is 89.6 Å². The van der Waals surface area contributed by atoms with Crippen LogP contribution in [0.1, 0.15) is 124 Å². The van der Waals surface area contributed by atoms with Gasteiger partial charge in [0.15, 0.2) is 23.1 Å². The molecular weight excluding hydrogens is 775 g/mol. The number of aromatic hydroxyl groups is 2. The van der Waals surface area contributed by atoms with E-state index < -0.39 is 12.1 Å². The number of hydrogen-bond donors (Lipinski definition) is 6. The molecule has 3 atom stereocenters. The highest BCUT2D eigenvalue weighted by molar-refractivity contribution is 5.98. The zero-order chi connectivity index (χ0) is 43.4. The van der Waals surface area contributed by atoms with Crippen LogP contribution in [0.15, 0.2) is 103 Å². The summed E-state index contributed by atoms with van der Waals surface area (Å²) in [6, 6.07) is 24.8. The number of ether oxygens (including phenoxy) is 1. The number of aromatic nitrogens is 1. The fourth-order valence-electron chi connectivity index (χ4n) is 8.52. The Morgan fingerprint density at radius 2 is 1.71 bits per heavy atom. The van der Waals surface area contributed by atoms with E-state index >= 15 is 0 Å². The quantitative estimate of drug-likeness (QED) is 0.0290. The lowest BCUT2D eigenvalue weighted by Gasteiger charge is -2.26. The summed E-state index contributed by atoms with van der Waals surface area (Å²) in [5, 5.41) is 34.5. The Hall–Kier alpha value is -6.34. The maximum absolute atomic E-state index is 13.9. The SMILES string of the molecule is C[C@H](CCC/C=C/C(=O)CCc1ccc(O)c(OCCc2ccc(O)c([C@@H]3CC(=O)c4cc[nH]c4CC#Cc4cc5c(cc43)C=CN[C@@H]5N)c2)c1)CCc1ccccc1CCO. The summed E-state index contributed by atoms with van der Waals surface area (Å²) in [6.45, 7) is 2.70. The molecule has 1 aliphatic heterocycles. The van der Waals surface area contributed by atoms with Crippen LogP contribution < -0.4 is 15.8 Å². The van der Waals surface area contributed by atoms with Crippen LogP contribution >= 0.6 is 0 Å². The molecule has 9 nitrogen and oxygen atoms in total. The number of benzene rings is 4. The zero-order valence-corrected chi connectivity index (χ0v) is 35.5. The molecule has 0 bridgehead atoms. The van der Waals surface area contributed by atoms with E-state index in [1.165, 1.54) is 11.1 Å². The number of aryl methyl sites for hydroxylation is 2. The van der Waals surface area contributed by atoms with E-state index in [0.717, 1.165) is 71.2 Å². The van der Waals surface area contributed by atoms with Gasteiger partial charge in [-0.25, -0.2) is 0 Å². The van der Waals surface area contributed by atoms with E-state index in [-0.39, 0.29) is 42.7 Å². The van der Waals surface area contributed by atoms with E-state index in [0.29, 0.717) is 54.9 Å². The molecule has 9 heteroatoms. The van der Waals surface area contributed by atoms with Crippen molar-refractivity contribution in [3.63, 3.8) is 0 Å². The van der Waals surface area contributed by atoms with Gasteiger partial charge in [0.05, 0.1) is 13.0 Å².